The summed E-state index contributed by atoms with van der Waals surface area (Å²) in [6, 6.07) is 9.76. The van der Waals surface area contributed by atoms with Gasteiger partial charge in [-0.2, -0.15) is 0 Å². The molecule has 4 heterocycles. The summed E-state index contributed by atoms with van der Waals surface area (Å²) in [5.74, 6) is -0.766. The maximum Gasteiger partial charge on any atom is 0.238 e. The molecule has 9 nitrogen and oxygen atoms in total. The largest absolute Gasteiger partial charge is 0.490 e. The van der Waals surface area contributed by atoms with E-state index in [-0.39, 0.29) is 47.2 Å². The van der Waals surface area contributed by atoms with Crippen LogP contribution in [-0.4, -0.2) is 43.3 Å². The van der Waals surface area contributed by atoms with Crippen molar-refractivity contribution in [1.82, 2.24) is 10.6 Å². The van der Waals surface area contributed by atoms with Gasteiger partial charge < -0.3 is 21.1 Å². The summed E-state index contributed by atoms with van der Waals surface area (Å²) < 4.78 is 5.63. The fraction of sp³-hybridized carbons (Fsp3) is 0.280. The second-order valence-corrected chi connectivity index (χ2v) is 8.77. The van der Waals surface area contributed by atoms with Gasteiger partial charge in [0, 0.05) is 5.56 Å². The van der Waals surface area contributed by atoms with E-state index in [1.54, 1.807) is 36.4 Å². The van der Waals surface area contributed by atoms with Gasteiger partial charge in [0.15, 0.2) is 11.7 Å². The van der Waals surface area contributed by atoms with Crippen molar-refractivity contribution in [2.75, 3.05) is 25.0 Å². The van der Waals surface area contributed by atoms with Crippen LogP contribution in [0.4, 0.5) is 5.69 Å². The van der Waals surface area contributed by atoms with Gasteiger partial charge in [-0.05, 0) is 61.3 Å². The Labute approximate surface area is 219 Å². The first-order chi connectivity index (χ1) is 17.3. The summed E-state index contributed by atoms with van der Waals surface area (Å²) in [5, 5.41) is 8.66. The third kappa shape index (κ3) is 8.67. The lowest BCUT2D eigenvalue weighted by atomic mass is 10.1. The number of nitrogens with zero attached hydrogens (tertiary/aromatic N) is 1. The van der Waals surface area contributed by atoms with Crippen LogP contribution in [0, 0.1) is 0 Å². The maximum absolute atomic E-state index is 12.4. The van der Waals surface area contributed by atoms with E-state index < -0.39 is 5.91 Å². The number of hydrogen-bond acceptors (Lipinski definition) is 7. The van der Waals surface area contributed by atoms with Gasteiger partial charge in [0.25, 0.3) is 0 Å². The fourth-order valence-corrected chi connectivity index (χ4v) is 3.91. The van der Waals surface area contributed by atoms with Crippen molar-refractivity contribution in [1.29, 1.82) is 0 Å². The molecule has 36 heavy (non-hydrogen) atoms. The van der Waals surface area contributed by atoms with E-state index in [2.05, 4.69) is 20.9 Å². The number of anilines is 1. The van der Waals surface area contributed by atoms with E-state index in [1.165, 1.54) is 0 Å². The molecule has 190 valence electrons. The predicted octanol–water partition coefficient (Wildman–Crippen LogP) is 3.45. The highest BCUT2D eigenvalue weighted by Gasteiger charge is 2.14. The molecule has 2 aromatic rings. The van der Waals surface area contributed by atoms with Gasteiger partial charge in [-0.25, -0.2) is 4.99 Å². The van der Waals surface area contributed by atoms with Crippen LogP contribution >= 0.6 is 23.2 Å². The molecule has 0 saturated heterocycles. The maximum atomic E-state index is 12.4. The molecule has 0 spiro atoms. The van der Waals surface area contributed by atoms with E-state index in [9.17, 15) is 14.4 Å². The minimum atomic E-state index is -0.587. The Balaban J connectivity index is 1.72. The number of ketones is 1. The first-order valence-corrected chi connectivity index (χ1v) is 12.1. The Morgan fingerprint density at radius 3 is 2.39 bits per heavy atom. The molecule has 0 radical (unpaired) electrons. The fourth-order valence-electron chi connectivity index (χ4n) is 3.28. The van der Waals surface area contributed by atoms with Crippen molar-refractivity contribution in [3.8, 4) is 5.75 Å². The molecular formula is C25H27Cl2N5O4. The number of nitrogens with two attached hydrogens (primary N) is 1. The second kappa shape index (κ2) is 13.6. The molecule has 4 aliphatic heterocycles. The van der Waals surface area contributed by atoms with Gasteiger partial charge >= 0.3 is 0 Å². The predicted molar refractivity (Wildman–Crippen MR) is 141 cm³/mol. The number of carbonyl (C=O) groups is 3. The number of benzene rings is 2. The Kier molecular flexibility index (Phi) is 10.3. The average molecular weight is 532 g/mol. The van der Waals surface area contributed by atoms with Gasteiger partial charge in [0.1, 0.15) is 12.4 Å². The number of carbonyl (C=O) groups excluding carboxylic acids is 3. The molecule has 2 aromatic carbocycles. The van der Waals surface area contributed by atoms with E-state index in [1.807, 2.05) is 12.2 Å². The highest BCUT2D eigenvalue weighted by Crippen LogP contribution is 2.32. The number of rotatable bonds is 0. The number of hydrogen-bond donors (Lipinski definition) is 4. The Morgan fingerprint density at radius 1 is 0.944 bits per heavy atom. The van der Waals surface area contributed by atoms with Crippen molar-refractivity contribution < 1.29 is 19.1 Å². The Morgan fingerprint density at radius 2 is 1.67 bits per heavy atom. The molecule has 5 N–H and O–H groups in total. The zero-order valence-electron chi connectivity index (χ0n) is 19.5. The molecule has 11 heteroatoms. The molecular weight excluding hydrogens is 505 g/mol. The molecule has 0 aliphatic carbocycles. The normalized spacial score (nSPS) is 16.7. The van der Waals surface area contributed by atoms with Gasteiger partial charge in [-0.3, -0.25) is 19.7 Å². The van der Waals surface area contributed by atoms with E-state index in [0.717, 1.165) is 12.8 Å². The first-order valence-electron chi connectivity index (χ1n) is 11.3. The molecule has 2 amide bonds. The minimum absolute atomic E-state index is 0.0746. The highest BCUT2D eigenvalue weighted by atomic mass is 35.5. The molecule has 0 aromatic heterocycles. The molecule has 0 fully saturated rings. The summed E-state index contributed by atoms with van der Waals surface area (Å²) in [7, 11) is 0. The summed E-state index contributed by atoms with van der Waals surface area (Å²) in [5.41, 5.74) is 7.09. The van der Waals surface area contributed by atoms with Crippen LogP contribution in [0.15, 0.2) is 53.5 Å². The van der Waals surface area contributed by atoms with E-state index >= 15 is 0 Å². The van der Waals surface area contributed by atoms with Crippen molar-refractivity contribution in [2.45, 2.75) is 25.8 Å². The lowest BCUT2D eigenvalue weighted by Gasteiger charge is -2.12. The summed E-state index contributed by atoms with van der Waals surface area (Å²) in [6.45, 7) is 1.22. The standard InChI is InChI=1S/C25H27Cl2N5O4/c26-19-11-16-12-20(27)24(19)31-23(35)15-29-9-3-1-2-4-10-36-18-7-5-17(6-8-18)21(33)13-22(34)32-25(28)30-14-16/h2,4-8,11-12,29H,1,3,9-10,13-15H2,(H,31,35)(H3,28,30,32,34). The topological polar surface area (TPSA) is 135 Å². The van der Waals surface area contributed by atoms with Crippen LogP contribution in [0.2, 0.25) is 10.0 Å². The monoisotopic (exact) mass is 531 g/mol. The number of halogens is 2. The number of guanidine groups is 1. The van der Waals surface area contributed by atoms with Crippen LogP contribution in [0.3, 0.4) is 0 Å². The molecule has 4 bridgehead atoms. The highest BCUT2D eigenvalue weighted by molar-refractivity contribution is 6.39. The van der Waals surface area contributed by atoms with E-state index in [4.69, 9.17) is 33.7 Å². The Hall–Kier alpha value is -3.40. The molecule has 4 aliphatic rings. The van der Waals surface area contributed by atoms with Crippen LogP contribution in [0.25, 0.3) is 0 Å². The zero-order chi connectivity index (χ0) is 25.9. The van der Waals surface area contributed by atoms with Gasteiger partial charge in [-0.15, -0.1) is 0 Å². The van der Waals surface area contributed by atoms with Gasteiger partial charge in [-0.1, -0.05) is 35.4 Å². The van der Waals surface area contributed by atoms with Gasteiger partial charge in [0.05, 0.1) is 35.2 Å². The van der Waals surface area contributed by atoms with Crippen LogP contribution in [-0.2, 0) is 16.1 Å². The number of Topliss-reactive ketones (excluding diaryl/α,β-unsaturated/α-hetero) is 1. The molecule has 0 atom stereocenters. The number of ether oxygens (including phenoxy) is 1. The van der Waals surface area contributed by atoms with E-state index in [0.29, 0.717) is 35.7 Å². The Bertz CT molecular complexity index is 1140. The summed E-state index contributed by atoms with van der Waals surface area (Å²) >= 11 is 12.6. The quantitative estimate of drug-likeness (QED) is 0.303. The third-order valence-corrected chi connectivity index (χ3v) is 5.68. The van der Waals surface area contributed by atoms with Crippen molar-refractivity contribution in [3.63, 3.8) is 0 Å². The smallest absolute Gasteiger partial charge is 0.238 e. The van der Waals surface area contributed by atoms with Crippen molar-refractivity contribution in [2.24, 2.45) is 10.7 Å². The molecule has 0 unspecified atom stereocenters. The van der Waals surface area contributed by atoms with Crippen LogP contribution in [0.5, 0.6) is 5.75 Å². The number of nitrogens with one attached hydrogen (secondary N) is 3. The van der Waals surface area contributed by atoms with Crippen LogP contribution < -0.4 is 26.4 Å². The summed E-state index contributed by atoms with van der Waals surface area (Å²) in [6.07, 6.45) is 5.17. The summed E-state index contributed by atoms with van der Waals surface area (Å²) in [4.78, 5) is 41.0. The zero-order valence-corrected chi connectivity index (χ0v) is 21.0. The molecule has 6 rings (SSSR count). The number of amides is 2. The number of allylic oxidation sites excluding steroid dienone is 1. The number of aliphatic imine (C=N–C) groups is 1. The lowest BCUT2D eigenvalue weighted by Crippen LogP contribution is -2.37. The van der Waals surface area contributed by atoms with Crippen molar-refractivity contribution in [3.05, 3.63) is 69.7 Å². The van der Waals surface area contributed by atoms with Crippen molar-refractivity contribution >= 4 is 52.4 Å². The SMILES string of the molecule is NC1=NCc2cc(Cl)c(c(Cl)c2)NC(=O)CNCCCC=CCOc2ccc(cc2)C(=O)CC(=O)N1. The third-order valence-electron chi connectivity index (χ3n) is 5.09. The lowest BCUT2D eigenvalue weighted by molar-refractivity contribution is -0.119. The average Bonchev–Trinajstić information content (AvgIpc) is 2.83. The molecule has 0 saturated carbocycles. The van der Waals surface area contributed by atoms with Crippen LogP contribution in [0.1, 0.15) is 35.2 Å². The first kappa shape index (κ1) is 27.2. The van der Waals surface area contributed by atoms with Gasteiger partial charge in [0.2, 0.25) is 11.8 Å². The second-order valence-electron chi connectivity index (χ2n) is 7.96. The minimum Gasteiger partial charge on any atom is -0.490 e.